The molecule has 46 valence electrons. The predicted molar refractivity (Wildman–Crippen MR) is 34.4 cm³/mol. The van der Waals surface area contributed by atoms with Gasteiger partial charge >= 0.3 is 76.6 Å². The van der Waals surface area contributed by atoms with Gasteiger partial charge in [-0.2, -0.15) is 0 Å². The van der Waals surface area contributed by atoms with Crippen LogP contribution in [-0.4, -0.2) is 43.8 Å². The Morgan fingerprint density at radius 1 is 1.57 bits per heavy atom. The Morgan fingerprint density at radius 3 is 1.71 bits per heavy atom. The van der Waals surface area contributed by atoms with E-state index < -0.39 is 13.4 Å². The first kappa shape index (κ1) is 11.4. The van der Waals surface area contributed by atoms with Gasteiger partial charge in [-0.25, -0.2) is 0 Å². The Balaban J connectivity index is 0. The van der Waals surface area contributed by atoms with E-state index >= 15 is 0 Å². The van der Waals surface area contributed by atoms with Crippen LogP contribution in [0.3, 0.4) is 0 Å². The molecule has 0 fully saturated rings. The number of hydrogen-bond acceptors (Lipinski definition) is 3. The summed E-state index contributed by atoms with van der Waals surface area (Å²) < 4.78 is 29.9. The molecule has 0 heterocycles. The van der Waals surface area contributed by atoms with E-state index in [9.17, 15) is 7.67 Å². The van der Waals surface area contributed by atoms with Crippen LogP contribution in [0.1, 0.15) is 0 Å². The van der Waals surface area contributed by atoms with Crippen molar-refractivity contribution in [2.45, 2.75) is 0 Å². The predicted octanol–water partition coefficient (Wildman–Crippen LogP) is -1.54. The van der Waals surface area contributed by atoms with Gasteiger partial charge in [-0.3, -0.25) is 0 Å². The van der Waals surface area contributed by atoms with Gasteiger partial charge in [0.05, 0.1) is 0 Å². The standard InChI is InChI=1S/Bi.HIO4Se.3H/c;1-5-6(2,3)4;;;/h;(H,2,3,4);;;. The van der Waals surface area contributed by atoms with Crippen LogP contribution in [0.4, 0.5) is 0 Å². The van der Waals surface area contributed by atoms with Gasteiger partial charge in [0.2, 0.25) is 0 Å². The molecule has 0 unspecified atom stereocenters. The quantitative estimate of drug-likeness (QED) is 0.363. The van der Waals surface area contributed by atoms with Crippen LogP contribution in [0, 0.1) is 0 Å². The minimum atomic E-state index is -4.79. The van der Waals surface area contributed by atoms with Gasteiger partial charge in [0, 0.05) is 0 Å². The summed E-state index contributed by atoms with van der Waals surface area (Å²) in [6.45, 7) is 0. The van der Waals surface area contributed by atoms with E-state index in [1.165, 1.54) is 0 Å². The van der Waals surface area contributed by atoms with Crippen LogP contribution in [0.2, 0.25) is 0 Å². The number of rotatable bonds is 1. The molecule has 0 aromatic carbocycles. The van der Waals surface area contributed by atoms with Crippen LogP contribution >= 0.6 is 23.0 Å². The van der Waals surface area contributed by atoms with Gasteiger partial charge in [0.25, 0.3) is 0 Å². The second kappa shape index (κ2) is 4.52. The third-order valence-electron chi connectivity index (χ3n) is 0.0796. The molecule has 0 aromatic rings. The first-order chi connectivity index (χ1) is 2.56. The second-order valence-electron chi connectivity index (χ2n) is 0.491. The summed E-state index contributed by atoms with van der Waals surface area (Å²) in [5, 5.41) is 0. The van der Waals surface area contributed by atoms with Gasteiger partial charge < -0.3 is 0 Å². The average Bonchev–Trinajstić information content (AvgIpc) is 1.35. The molecule has 1 N–H and O–H groups in total. The zero-order chi connectivity index (χ0) is 5.21. The van der Waals surface area contributed by atoms with Gasteiger partial charge in [0.15, 0.2) is 0 Å². The molecule has 0 saturated heterocycles. The van der Waals surface area contributed by atoms with E-state index in [-0.39, 0.29) is 26.2 Å². The van der Waals surface area contributed by atoms with Gasteiger partial charge in [0.1, 0.15) is 0 Å². The first-order valence-corrected chi connectivity index (χ1v) is 4.58. The number of hydrogen-bond donors (Lipinski definition) is 1. The number of halogens is 1. The van der Waals surface area contributed by atoms with E-state index in [2.05, 4.69) is 2.15 Å². The third-order valence-corrected chi connectivity index (χ3v) is 2.77. The fourth-order valence-corrected chi connectivity index (χ4v) is 0. The minimum absolute atomic E-state index is 0. The Labute approximate surface area is 75.7 Å². The van der Waals surface area contributed by atoms with Crippen molar-refractivity contribution in [3.63, 3.8) is 0 Å². The Bertz CT molecular complexity index is 114. The zero-order valence-electron chi connectivity index (χ0n) is 3.17. The molecule has 0 radical (unpaired) electrons. The zero-order valence-corrected chi connectivity index (χ0v) is 12.5. The van der Waals surface area contributed by atoms with Gasteiger partial charge in [-0.05, 0) is 0 Å². The maximum atomic E-state index is 9.40. The molecular formula is H4BiIO4Se. The van der Waals surface area contributed by atoms with E-state index in [0.717, 1.165) is 23.0 Å². The molecule has 0 spiro atoms. The molecule has 0 amide bonds. The van der Waals surface area contributed by atoms with Crippen molar-refractivity contribution in [3.05, 3.63) is 0 Å². The molecule has 0 bridgehead atoms. The van der Waals surface area contributed by atoms with Gasteiger partial charge in [-0.15, -0.1) is 0 Å². The Kier molecular flexibility index (Phi) is 7.40. The second-order valence-corrected chi connectivity index (χ2v) is 4.42. The van der Waals surface area contributed by atoms with Crippen molar-refractivity contribution in [3.8, 4) is 0 Å². The van der Waals surface area contributed by atoms with Crippen molar-refractivity contribution in [1.82, 2.24) is 0 Å². The Hall–Kier alpha value is 1.65. The van der Waals surface area contributed by atoms with Gasteiger partial charge in [-0.1, -0.05) is 0 Å². The molecule has 7 heteroatoms. The molecule has 0 saturated carbocycles. The summed E-state index contributed by atoms with van der Waals surface area (Å²) in [4.78, 5) is 0. The molecule has 7 heavy (non-hydrogen) atoms. The molecule has 4 nitrogen and oxygen atoms in total. The SMILES string of the molecule is O=[Se](=O)(O)OI.[BiH3]. The summed E-state index contributed by atoms with van der Waals surface area (Å²) >= 11 is -3.70. The molecular weight excluding hydrogens is 479 g/mol. The fourth-order valence-electron chi connectivity index (χ4n) is 0. The molecule has 0 aromatic heterocycles. The van der Waals surface area contributed by atoms with E-state index in [1.807, 2.05) is 0 Å². The fraction of sp³-hybridized carbons (Fsp3) is 0. The van der Waals surface area contributed by atoms with E-state index in [0.29, 0.717) is 0 Å². The van der Waals surface area contributed by atoms with Crippen molar-refractivity contribution < 1.29 is 14.0 Å². The van der Waals surface area contributed by atoms with Crippen molar-refractivity contribution in [1.29, 1.82) is 0 Å². The maximum absolute atomic E-state index is 9.40. The Morgan fingerprint density at radius 2 is 1.71 bits per heavy atom. The van der Waals surface area contributed by atoms with Crippen molar-refractivity contribution in [2.24, 2.45) is 0 Å². The van der Waals surface area contributed by atoms with Crippen LogP contribution in [-0.2, 0) is 9.82 Å². The summed E-state index contributed by atoms with van der Waals surface area (Å²) in [5.41, 5.74) is 0. The summed E-state index contributed by atoms with van der Waals surface area (Å²) in [6, 6.07) is 0. The van der Waals surface area contributed by atoms with E-state index in [4.69, 9.17) is 4.19 Å². The summed E-state index contributed by atoms with van der Waals surface area (Å²) in [7, 11) is 0. The normalized spacial score (nSPS) is 10.0. The monoisotopic (exact) mass is 484 g/mol. The molecule has 0 atom stereocenters. The topological polar surface area (TPSA) is 63.6 Å². The van der Waals surface area contributed by atoms with E-state index in [1.54, 1.807) is 0 Å². The molecule has 0 aliphatic heterocycles. The summed E-state index contributed by atoms with van der Waals surface area (Å²) in [6.07, 6.45) is 0. The third kappa shape index (κ3) is 11.3. The summed E-state index contributed by atoms with van der Waals surface area (Å²) in [5.74, 6) is 0. The van der Waals surface area contributed by atoms with Crippen LogP contribution < -0.4 is 0 Å². The van der Waals surface area contributed by atoms with Crippen LogP contribution in [0.25, 0.3) is 0 Å². The first-order valence-electron chi connectivity index (χ1n) is 0.837. The van der Waals surface area contributed by atoms with Crippen molar-refractivity contribution >= 4 is 62.6 Å². The van der Waals surface area contributed by atoms with Crippen molar-refractivity contribution in [2.75, 3.05) is 0 Å². The average molecular weight is 483 g/mol. The molecule has 0 rings (SSSR count). The van der Waals surface area contributed by atoms with Crippen LogP contribution in [0.15, 0.2) is 0 Å². The molecule has 0 aliphatic carbocycles. The van der Waals surface area contributed by atoms with Crippen LogP contribution in [0.5, 0.6) is 0 Å². The molecule has 0 aliphatic rings.